The third kappa shape index (κ3) is 7.75. The molecule has 1 aliphatic heterocycles. The molecule has 0 bridgehead atoms. The number of nitrogens with one attached hydrogen (secondary N) is 3. The molecule has 1 fully saturated rings. The van der Waals surface area contributed by atoms with Crippen LogP contribution in [0.5, 0.6) is 11.5 Å². The van der Waals surface area contributed by atoms with Gasteiger partial charge in [-0.1, -0.05) is 11.6 Å². The molecule has 3 N–H and O–H groups in total. The fraction of sp³-hybridized carbons (Fsp3) is 0.304. The van der Waals surface area contributed by atoms with Crippen LogP contribution in [0, 0.1) is 0 Å². The van der Waals surface area contributed by atoms with Gasteiger partial charge in [0.25, 0.3) is 5.91 Å². The molecular formula is C23H25ClN4O6. The molecule has 180 valence electrons. The Hall–Kier alpha value is -3.63. The maximum Gasteiger partial charge on any atom is 0.329 e. The van der Waals surface area contributed by atoms with Gasteiger partial charge in [0.1, 0.15) is 11.5 Å². The van der Waals surface area contributed by atoms with Crippen LogP contribution in [0.1, 0.15) is 18.4 Å². The molecule has 1 heterocycles. The Kier molecular flexibility index (Phi) is 9.24. The van der Waals surface area contributed by atoms with Crippen molar-refractivity contribution in [1.29, 1.82) is 0 Å². The topological polar surface area (TPSA) is 127 Å². The number of hydrogen-bond donors (Lipinski definition) is 3. The second kappa shape index (κ2) is 12.6. The highest BCUT2D eigenvalue weighted by Gasteiger charge is 2.17. The maximum atomic E-state index is 12.1. The number of rotatable bonds is 9. The van der Waals surface area contributed by atoms with Gasteiger partial charge in [-0.05, 0) is 60.9 Å². The van der Waals surface area contributed by atoms with Crippen molar-refractivity contribution in [2.45, 2.75) is 18.9 Å². The highest BCUT2D eigenvalue weighted by atomic mass is 35.5. The zero-order valence-corrected chi connectivity index (χ0v) is 19.3. The van der Waals surface area contributed by atoms with Crippen LogP contribution in [0.4, 0.5) is 5.69 Å². The molecule has 1 atom stereocenters. The van der Waals surface area contributed by atoms with Gasteiger partial charge in [-0.3, -0.25) is 14.4 Å². The lowest BCUT2D eigenvalue weighted by Crippen LogP contribution is -2.35. The van der Waals surface area contributed by atoms with Gasteiger partial charge in [0.05, 0.1) is 25.1 Å². The molecule has 0 aromatic heterocycles. The summed E-state index contributed by atoms with van der Waals surface area (Å²) >= 11 is 5.91. The number of carbonyl (C=O) groups is 3. The number of amides is 3. The van der Waals surface area contributed by atoms with E-state index in [1.165, 1.54) is 19.4 Å². The second-order valence-electron chi connectivity index (χ2n) is 7.29. The van der Waals surface area contributed by atoms with Gasteiger partial charge < -0.3 is 24.8 Å². The van der Waals surface area contributed by atoms with Gasteiger partial charge in [-0.25, -0.2) is 5.43 Å². The van der Waals surface area contributed by atoms with Crippen molar-refractivity contribution in [1.82, 2.24) is 10.7 Å². The van der Waals surface area contributed by atoms with E-state index in [4.69, 9.17) is 25.8 Å². The van der Waals surface area contributed by atoms with Crippen molar-refractivity contribution in [3.05, 3.63) is 53.1 Å². The smallest absolute Gasteiger partial charge is 0.329 e. The van der Waals surface area contributed by atoms with Gasteiger partial charge >= 0.3 is 11.8 Å². The standard InChI is InChI=1S/C23H25ClN4O6/c1-32-20-9-6-16(24)11-19(20)27-22(30)23(31)28-26-12-15-4-7-17(8-5-15)34-14-21(29)25-13-18-3-2-10-33-18/h4-9,11-12,18H,2-3,10,13-14H2,1H3,(H,25,29)(H,27,30)(H,28,31)/b26-12-/t18-/m1/s1. The second-order valence-corrected chi connectivity index (χ2v) is 7.73. The molecular weight excluding hydrogens is 464 g/mol. The Morgan fingerprint density at radius 2 is 1.97 bits per heavy atom. The summed E-state index contributed by atoms with van der Waals surface area (Å²) in [4.78, 5) is 35.9. The normalized spacial score (nSPS) is 15.1. The maximum absolute atomic E-state index is 12.1. The van der Waals surface area contributed by atoms with E-state index in [-0.39, 0.29) is 24.3 Å². The van der Waals surface area contributed by atoms with Gasteiger partial charge in [0, 0.05) is 18.2 Å². The highest BCUT2D eigenvalue weighted by Crippen LogP contribution is 2.27. The van der Waals surface area contributed by atoms with E-state index in [0.29, 0.717) is 28.6 Å². The molecule has 3 rings (SSSR count). The molecule has 0 spiro atoms. The van der Waals surface area contributed by atoms with E-state index >= 15 is 0 Å². The lowest BCUT2D eigenvalue weighted by Gasteiger charge is -2.11. The highest BCUT2D eigenvalue weighted by molar-refractivity contribution is 6.40. The molecule has 1 saturated heterocycles. The third-order valence-corrected chi connectivity index (χ3v) is 5.03. The molecule has 2 aromatic rings. The zero-order chi connectivity index (χ0) is 24.3. The van der Waals surface area contributed by atoms with Crippen LogP contribution < -0.4 is 25.5 Å². The number of nitrogens with zero attached hydrogens (tertiary/aromatic N) is 1. The summed E-state index contributed by atoms with van der Waals surface area (Å²) in [7, 11) is 1.43. The van der Waals surface area contributed by atoms with Crippen molar-refractivity contribution in [3.63, 3.8) is 0 Å². The summed E-state index contributed by atoms with van der Waals surface area (Å²) < 4.78 is 16.0. The van der Waals surface area contributed by atoms with Crippen LogP contribution in [-0.2, 0) is 19.1 Å². The predicted octanol–water partition coefficient (Wildman–Crippen LogP) is 2.11. The average molecular weight is 489 g/mol. The molecule has 0 radical (unpaired) electrons. The lowest BCUT2D eigenvalue weighted by atomic mass is 10.2. The van der Waals surface area contributed by atoms with Crippen molar-refractivity contribution in [3.8, 4) is 11.5 Å². The van der Waals surface area contributed by atoms with E-state index in [9.17, 15) is 14.4 Å². The number of hydrogen-bond acceptors (Lipinski definition) is 7. The number of hydrazone groups is 1. The van der Waals surface area contributed by atoms with Crippen LogP contribution in [0.2, 0.25) is 5.02 Å². The first kappa shape index (κ1) is 25.0. The molecule has 0 unspecified atom stereocenters. The minimum absolute atomic E-state index is 0.0775. The molecule has 11 heteroatoms. The summed E-state index contributed by atoms with van der Waals surface area (Å²) in [5.74, 6) is -1.26. The van der Waals surface area contributed by atoms with Crippen molar-refractivity contribution < 1.29 is 28.6 Å². The Morgan fingerprint density at radius 1 is 1.18 bits per heavy atom. The zero-order valence-electron chi connectivity index (χ0n) is 18.5. The Balaban J connectivity index is 1.41. The van der Waals surface area contributed by atoms with E-state index < -0.39 is 11.8 Å². The molecule has 3 amide bonds. The third-order valence-electron chi connectivity index (χ3n) is 4.80. The van der Waals surface area contributed by atoms with Crippen LogP contribution >= 0.6 is 11.6 Å². The minimum atomic E-state index is -0.966. The van der Waals surface area contributed by atoms with E-state index in [0.717, 1.165) is 19.4 Å². The Bertz CT molecular complexity index is 1040. The Morgan fingerprint density at radius 3 is 2.68 bits per heavy atom. The summed E-state index contributed by atoms with van der Waals surface area (Å²) in [5, 5.41) is 9.34. The number of carbonyl (C=O) groups excluding carboxylic acids is 3. The molecule has 2 aromatic carbocycles. The number of anilines is 1. The van der Waals surface area contributed by atoms with Crippen LogP contribution in [0.15, 0.2) is 47.6 Å². The van der Waals surface area contributed by atoms with E-state index in [1.54, 1.807) is 36.4 Å². The first-order chi connectivity index (χ1) is 16.4. The predicted molar refractivity (Wildman–Crippen MR) is 126 cm³/mol. The summed E-state index contributed by atoms with van der Waals surface area (Å²) in [5.41, 5.74) is 3.05. The van der Waals surface area contributed by atoms with Crippen LogP contribution in [0.3, 0.4) is 0 Å². The fourth-order valence-corrected chi connectivity index (χ4v) is 3.23. The van der Waals surface area contributed by atoms with E-state index in [1.807, 2.05) is 0 Å². The van der Waals surface area contributed by atoms with Crippen LogP contribution in [-0.4, -0.2) is 56.9 Å². The fourth-order valence-electron chi connectivity index (χ4n) is 3.06. The summed E-state index contributed by atoms with van der Waals surface area (Å²) in [6.07, 6.45) is 3.41. The van der Waals surface area contributed by atoms with Gasteiger partial charge in [0.15, 0.2) is 6.61 Å². The minimum Gasteiger partial charge on any atom is -0.495 e. The molecule has 1 aliphatic rings. The Labute approximate surface area is 201 Å². The van der Waals surface area contributed by atoms with Crippen molar-refractivity contribution >= 4 is 41.2 Å². The van der Waals surface area contributed by atoms with Gasteiger partial charge in [-0.15, -0.1) is 0 Å². The number of halogens is 1. The van der Waals surface area contributed by atoms with Crippen molar-refractivity contribution in [2.75, 3.05) is 32.2 Å². The quantitative estimate of drug-likeness (QED) is 0.282. The lowest BCUT2D eigenvalue weighted by molar-refractivity contribution is -0.136. The largest absolute Gasteiger partial charge is 0.495 e. The molecule has 0 saturated carbocycles. The van der Waals surface area contributed by atoms with Gasteiger partial charge in [0.2, 0.25) is 0 Å². The summed E-state index contributed by atoms with van der Waals surface area (Å²) in [6.45, 7) is 1.11. The monoisotopic (exact) mass is 488 g/mol. The first-order valence-corrected chi connectivity index (χ1v) is 10.9. The van der Waals surface area contributed by atoms with Crippen molar-refractivity contribution in [2.24, 2.45) is 5.10 Å². The molecule has 0 aliphatic carbocycles. The summed E-state index contributed by atoms with van der Waals surface area (Å²) in [6, 6.07) is 11.3. The number of benzene rings is 2. The number of ether oxygens (including phenoxy) is 3. The molecule has 34 heavy (non-hydrogen) atoms. The number of methoxy groups -OCH3 is 1. The van der Waals surface area contributed by atoms with E-state index in [2.05, 4.69) is 21.2 Å². The van der Waals surface area contributed by atoms with Gasteiger partial charge in [-0.2, -0.15) is 5.10 Å². The van der Waals surface area contributed by atoms with Crippen LogP contribution in [0.25, 0.3) is 0 Å². The average Bonchev–Trinajstić information content (AvgIpc) is 3.36. The first-order valence-electron chi connectivity index (χ1n) is 10.5. The SMILES string of the molecule is COc1ccc(Cl)cc1NC(=O)C(=O)N/N=C\c1ccc(OCC(=O)NC[C@H]2CCCO2)cc1. The molecule has 10 nitrogen and oxygen atoms in total.